The Hall–Kier alpha value is -1.99. The summed E-state index contributed by atoms with van der Waals surface area (Å²) in [5.41, 5.74) is 2.71. The lowest BCUT2D eigenvalue weighted by Crippen LogP contribution is -2.46. The fourth-order valence-corrected chi connectivity index (χ4v) is 6.41. The number of halogens is 4. The molecule has 1 N–H and O–H groups in total. The van der Waals surface area contributed by atoms with E-state index in [1.165, 1.54) is 11.3 Å². The number of nitrogens with zero attached hydrogens (tertiary/aromatic N) is 2. The largest absolute Gasteiger partial charge is 0.368 e. The number of piperazine rings is 1. The van der Waals surface area contributed by atoms with E-state index in [2.05, 4.69) is 21.2 Å². The molecule has 35 heavy (non-hydrogen) atoms. The highest BCUT2D eigenvalue weighted by Gasteiger charge is 2.21. The molecule has 9 heteroatoms. The van der Waals surface area contributed by atoms with Gasteiger partial charge in [-0.25, -0.2) is 0 Å². The topological polar surface area (TPSA) is 35.6 Å². The van der Waals surface area contributed by atoms with Crippen LogP contribution in [-0.4, -0.2) is 37.0 Å². The zero-order chi connectivity index (χ0) is 24.5. The van der Waals surface area contributed by atoms with Crippen LogP contribution in [0.15, 0.2) is 60.7 Å². The molecule has 1 fully saturated rings. The lowest BCUT2D eigenvalue weighted by molar-refractivity contribution is 0.103. The molecule has 1 aliphatic heterocycles. The summed E-state index contributed by atoms with van der Waals surface area (Å²) in [5, 5.41) is 6.16. The zero-order valence-electron chi connectivity index (χ0n) is 18.5. The van der Waals surface area contributed by atoms with Gasteiger partial charge in [0.1, 0.15) is 4.88 Å². The number of hydrogen-bond donors (Lipinski definition) is 1. The molecule has 4 aromatic rings. The maximum Gasteiger partial charge on any atom is 0.267 e. The van der Waals surface area contributed by atoms with Crippen molar-refractivity contribution in [1.82, 2.24) is 4.90 Å². The van der Waals surface area contributed by atoms with E-state index in [-0.39, 0.29) is 5.91 Å². The first-order chi connectivity index (χ1) is 16.9. The van der Waals surface area contributed by atoms with Gasteiger partial charge in [-0.3, -0.25) is 9.69 Å². The number of hydrogen-bond acceptors (Lipinski definition) is 4. The number of benzene rings is 3. The number of anilines is 2. The molecule has 0 aliphatic carbocycles. The van der Waals surface area contributed by atoms with E-state index in [4.69, 9.17) is 46.4 Å². The van der Waals surface area contributed by atoms with E-state index in [1.807, 2.05) is 42.5 Å². The number of carbonyl (C=O) groups excluding carboxylic acids is 1. The molecule has 0 spiro atoms. The molecular formula is C26H21Cl4N3OS. The van der Waals surface area contributed by atoms with Crippen molar-refractivity contribution in [1.29, 1.82) is 0 Å². The zero-order valence-corrected chi connectivity index (χ0v) is 22.4. The Morgan fingerprint density at radius 2 is 1.66 bits per heavy atom. The summed E-state index contributed by atoms with van der Waals surface area (Å²) >= 11 is 26.8. The Balaban J connectivity index is 1.23. The number of carbonyl (C=O) groups is 1. The molecule has 0 bridgehead atoms. The summed E-state index contributed by atoms with van der Waals surface area (Å²) in [6.07, 6.45) is 0. The van der Waals surface area contributed by atoms with Gasteiger partial charge in [-0.15, -0.1) is 11.3 Å². The van der Waals surface area contributed by atoms with Gasteiger partial charge >= 0.3 is 0 Å². The number of rotatable bonds is 5. The standard InChI is InChI=1S/C26H21Cl4N3OS/c27-17-5-7-19-23(13-17)35-25(24(19)30)26(34)31-18-6-8-22(21(29)14-18)33-11-9-32(10-12-33)15-16-3-1-2-4-20(16)28/h1-8,13-14H,9-12,15H2,(H,31,34). The van der Waals surface area contributed by atoms with Gasteiger partial charge in [0.05, 0.1) is 15.7 Å². The molecule has 180 valence electrons. The smallest absolute Gasteiger partial charge is 0.267 e. The average molecular weight is 565 g/mol. The van der Waals surface area contributed by atoms with Gasteiger partial charge in [-0.2, -0.15) is 0 Å². The van der Waals surface area contributed by atoms with Crippen LogP contribution in [0.25, 0.3) is 10.1 Å². The van der Waals surface area contributed by atoms with Crippen molar-refractivity contribution < 1.29 is 4.79 Å². The van der Waals surface area contributed by atoms with Crippen molar-refractivity contribution in [2.75, 3.05) is 36.4 Å². The lowest BCUT2D eigenvalue weighted by Gasteiger charge is -2.36. The van der Waals surface area contributed by atoms with Crippen LogP contribution < -0.4 is 10.2 Å². The van der Waals surface area contributed by atoms with Crippen molar-refractivity contribution in [3.8, 4) is 0 Å². The first-order valence-electron chi connectivity index (χ1n) is 11.1. The molecule has 3 aromatic carbocycles. The van der Waals surface area contributed by atoms with Crippen LogP contribution >= 0.6 is 57.7 Å². The molecule has 0 unspecified atom stereocenters. The number of thiophene rings is 1. The summed E-state index contributed by atoms with van der Waals surface area (Å²) < 4.78 is 0.870. The summed E-state index contributed by atoms with van der Waals surface area (Å²) in [6, 6.07) is 19.0. The maximum atomic E-state index is 12.9. The molecule has 0 radical (unpaired) electrons. The van der Waals surface area contributed by atoms with E-state index in [1.54, 1.807) is 12.1 Å². The lowest BCUT2D eigenvalue weighted by atomic mass is 10.2. The molecular weight excluding hydrogens is 544 g/mol. The minimum absolute atomic E-state index is 0.274. The van der Waals surface area contributed by atoms with Gasteiger partial charge in [0.25, 0.3) is 5.91 Å². The monoisotopic (exact) mass is 563 g/mol. The Kier molecular flexibility index (Phi) is 7.44. The van der Waals surface area contributed by atoms with Crippen molar-refractivity contribution >= 4 is 85.1 Å². The Morgan fingerprint density at radius 3 is 2.40 bits per heavy atom. The maximum absolute atomic E-state index is 12.9. The summed E-state index contributed by atoms with van der Waals surface area (Å²) in [6.45, 7) is 4.37. The highest BCUT2D eigenvalue weighted by atomic mass is 35.5. The fourth-order valence-electron chi connectivity index (χ4n) is 4.23. The highest BCUT2D eigenvalue weighted by Crippen LogP contribution is 2.37. The van der Waals surface area contributed by atoms with E-state index in [0.717, 1.165) is 59.1 Å². The van der Waals surface area contributed by atoms with Gasteiger partial charge in [-0.1, -0.05) is 70.7 Å². The van der Waals surface area contributed by atoms with Crippen molar-refractivity contribution in [3.05, 3.63) is 91.2 Å². The summed E-state index contributed by atoms with van der Waals surface area (Å²) in [5.74, 6) is -0.274. The van der Waals surface area contributed by atoms with Crippen molar-refractivity contribution in [2.45, 2.75) is 6.54 Å². The molecule has 1 amide bonds. The predicted molar refractivity (Wildman–Crippen MR) is 150 cm³/mol. The van der Waals surface area contributed by atoms with E-state index >= 15 is 0 Å². The van der Waals surface area contributed by atoms with Crippen LogP contribution in [0, 0.1) is 0 Å². The van der Waals surface area contributed by atoms with Gasteiger partial charge < -0.3 is 10.2 Å². The van der Waals surface area contributed by atoms with E-state index < -0.39 is 0 Å². The molecule has 4 nitrogen and oxygen atoms in total. The minimum atomic E-state index is -0.274. The van der Waals surface area contributed by atoms with E-state index in [0.29, 0.717) is 25.6 Å². The second-order valence-electron chi connectivity index (χ2n) is 8.36. The third-order valence-electron chi connectivity index (χ3n) is 6.07. The first kappa shape index (κ1) is 24.7. The summed E-state index contributed by atoms with van der Waals surface area (Å²) in [4.78, 5) is 18.0. The van der Waals surface area contributed by atoms with Gasteiger partial charge in [0, 0.05) is 58.5 Å². The van der Waals surface area contributed by atoms with Crippen molar-refractivity contribution in [2.24, 2.45) is 0 Å². The predicted octanol–water partition coefficient (Wildman–Crippen LogP) is 8.09. The number of nitrogens with one attached hydrogen (secondary N) is 1. The molecule has 5 rings (SSSR count). The van der Waals surface area contributed by atoms with Crippen LogP contribution in [0.3, 0.4) is 0 Å². The Labute approximate surface area is 227 Å². The van der Waals surface area contributed by atoms with Crippen molar-refractivity contribution in [3.63, 3.8) is 0 Å². The second-order valence-corrected chi connectivity index (χ2v) is 11.0. The molecule has 0 atom stereocenters. The van der Waals surface area contributed by atoms with Crippen LogP contribution in [0.5, 0.6) is 0 Å². The van der Waals surface area contributed by atoms with Crippen LogP contribution in [-0.2, 0) is 6.54 Å². The molecule has 2 heterocycles. The van der Waals surface area contributed by atoms with E-state index in [9.17, 15) is 4.79 Å². The molecule has 0 saturated carbocycles. The first-order valence-corrected chi connectivity index (χ1v) is 13.4. The van der Waals surface area contributed by atoms with Crippen LogP contribution in [0.4, 0.5) is 11.4 Å². The Morgan fingerprint density at radius 1 is 0.886 bits per heavy atom. The van der Waals surface area contributed by atoms with Crippen LogP contribution in [0.2, 0.25) is 20.1 Å². The second kappa shape index (κ2) is 10.6. The van der Waals surface area contributed by atoms with Crippen LogP contribution in [0.1, 0.15) is 15.2 Å². The average Bonchev–Trinajstić information content (AvgIpc) is 3.17. The normalized spacial score (nSPS) is 14.5. The SMILES string of the molecule is O=C(Nc1ccc(N2CCN(Cc3ccccc3Cl)CC2)c(Cl)c1)c1sc2cc(Cl)ccc2c1Cl. The van der Waals surface area contributed by atoms with Gasteiger partial charge in [0.15, 0.2) is 0 Å². The molecule has 1 aromatic heterocycles. The fraction of sp³-hybridized carbons (Fsp3) is 0.192. The Bertz CT molecular complexity index is 1400. The molecule has 1 saturated heterocycles. The minimum Gasteiger partial charge on any atom is -0.368 e. The number of amides is 1. The third-order valence-corrected chi connectivity index (χ3v) is 8.63. The number of fused-ring (bicyclic) bond motifs is 1. The van der Waals surface area contributed by atoms with Gasteiger partial charge in [-0.05, 0) is 42.0 Å². The van der Waals surface area contributed by atoms with Gasteiger partial charge in [0.2, 0.25) is 0 Å². The highest BCUT2D eigenvalue weighted by molar-refractivity contribution is 7.21. The molecule has 1 aliphatic rings. The summed E-state index contributed by atoms with van der Waals surface area (Å²) in [7, 11) is 0. The third kappa shape index (κ3) is 5.41. The quantitative estimate of drug-likeness (QED) is 0.266.